The van der Waals surface area contributed by atoms with Crippen LogP contribution >= 0.6 is 0 Å². The smallest absolute Gasteiger partial charge is 0.139 e. The first-order valence-corrected chi connectivity index (χ1v) is 6.96. The van der Waals surface area contributed by atoms with E-state index in [1.807, 2.05) is 0 Å². The molecule has 0 radical (unpaired) electrons. The summed E-state index contributed by atoms with van der Waals surface area (Å²) in [6.45, 7) is 3.01. The molecule has 0 heterocycles. The molecule has 0 bridgehead atoms. The molecule has 0 aliphatic heterocycles. The van der Waals surface area contributed by atoms with Crippen molar-refractivity contribution in [2.75, 3.05) is 6.54 Å². The second-order valence-corrected chi connectivity index (χ2v) is 5.89. The molecule has 0 aromatic rings. The highest BCUT2D eigenvalue weighted by Gasteiger charge is 2.36. The van der Waals surface area contributed by atoms with E-state index in [1.54, 1.807) is 0 Å². The lowest BCUT2D eigenvalue weighted by Gasteiger charge is -2.28. The molecule has 2 nitrogen and oxygen atoms in total. The monoisotopic (exact) mass is 223 g/mol. The van der Waals surface area contributed by atoms with E-state index in [0.717, 1.165) is 25.2 Å². The first-order chi connectivity index (χ1) is 7.72. The van der Waals surface area contributed by atoms with Crippen LogP contribution in [-0.4, -0.2) is 12.3 Å². The van der Waals surface area contributed by atoms with E-state index < -0.39 is 0 Å². The van der Waals surface area contributed by atoms with Crippen molar-refractivity contribution in [3.8, 4) is 0 Å². The van der Waals surface area contributed by atoms with Crippen LogP contribution in [0, 0.1) is 23.7 Å². The van der Waals surface area contributed by atoms with Gasteiger partial charge in [-0.15, -0.1) is 0 Å². The average Bonchev–Trinajstić information content (AvgIpc) is 2.77. The van der Waals surface area contributed by atoms with E-state index in [1.165, 1.54) is 25.7 Å². The highest BCUT2D eigenvalue weighted by Crippen LogP contribution is 2.37. The number of ketones is 1. The largest absolute Gasteiger partial charge is 0.330 e. The Balaban J connectivity index is 1.91. The lowest BCUT2D eigenvalue weighted by Crippen LogP contribution is -2.31. The van der Waals surface area contributed by atoms with Crippen LogP contribution in [0.2, 0.25) is 0 Å². The fraction of sp³-hybridized carbons (Fsp3) is 0.929. The Morgan fingerprint density at radius 2 is 1.81 bits per heavy atom. The minimum absolute atomic E-state index is 0.309. The number of hydrogen-bond donors (Lipinski definition) is 1. The molecule has 2 unspecified atom stereocenters. The summed E-state index contributed by atoms with van der Waals surface area (Å²) in [5.74, 6) is 2.56. The Morgan fingerprint density at radius 3 is 2.44 bits per heavy atom. The zero-order valence-corrected chi connectivity index (χ0v) is 10.5. The maximum atomic E-state index is 12.4. The molecule has 0 aromatic carbocycles. The van der Waals surface area contributed by atoms with Gasteiger partial charge in [0.25, 0.3) is 0 Å². The number of rotatable bonds is 3. The topological polar surface area (TPSA) is 43.1 Å². The van der Waals surface area contributed by atoms with Crippen LogP contribution in [0.4, 0.5) is 0 Å². The Morgan fingerprint density at radius 1 is 1.12 bits per heavy atom. The second-order valence-electron chi connectivity index (χ2n) is 5.89. The van der Waals surface area contributed by atoms with Crippen LogP contribution in [-0.2, 0) is 4.79 Å². The summed E-state index contributed by atoms with van der Waals surface area (Å²) in [6.07, 6.45) is 8.25. The summed E-state index contributed by atoms with van der Waals surface area (Å²) in [5, 5.41) is 0. The van der Waals surface area contributed by atoms with Gasteiger partial charge >= 0.3 is 0 Å². The molecule has 0 saturated heterocycles. The molecule has 0 spiro atoms. The van der Waals surface area contributed by atoms with Crippen molar-refractivity contribution in [1.82, 2.24) is 0 Å². The molecule has 16 heavy (non-hydrogen) atoms. The Hall–Kier alpha value is -0.370. The molecule has 2 aliphatic carbocycles. The molecule has 2 rings (SSSR count). The standard InChI is InChI=1S/C14H25NO/c1-10-5-7-11(8-6-10)14(16)13-4-2-3-12(13)9-15/h10-13H,2-9,15H2,1H3. The molecule has 2 fully saturated rings. The van der Waals surface area contributed by atoms with Gasteiger partial charge in [0.05, 0.1) is 0 Å². The number of carbonyl (C=O) groups excluding carboxylic acids is 1. The summed E-state index contributed by atoms with van der Waals surface area (Å²) in [4.78, 5) is 12.4. The normalized spacial score (nSPS) is 39.9. The van der Waals surface area contributed by atoms with Crippen molar-refractivity contribution < 1.29 is 4.79 Å². The minimum atomic E-state index is 0.309. The van der Waals surface area contributed by atoms with E-state index in [0.29, 0.717) is 30.1 Å². The number of carbonyl (C=O) groups is 1. The SMILES string of the molecule is CC1CCC(C(=O)C2CCCC2CN)CC1. The van der Waals surface area contributed by atoms with E-state index in [2.05, 4.69) is 6.92 Å². The minimum Gasteiger partial charge on any atom is -0.330 e. The molecular weight excluding hydrogens is 198 g/mol. The van der Waals surface area contributed by atoms with Crippen molar-refractivity contribution in [2.45, 2.75) is 51.9 Å². The van der Waals surface area contributed by atoms with Crippen molar-refractivity contribution in [3.63, 3.8) is 0 Å². The maximum Gasteiger partial charge on any atom is 0.139 e. The van der Waals surface area contributed by atoms with Gasteiger partial charge in [0, 0.05) is 11.8 Å². The molecule has 2 N–H and O–H groups in total. The highest BCUT2D eigenvalue weighted by atomic mass is 16.1. The van der Waals surface area contributed by atoms with Gasteiger partial charge < -0.3 is 5.73 Å². The van der Waals surface area contributed by atoms with E-state index >= 15 is 0 Å². The van der Waals surface area contributed by atoms with Gasteiger partial charge in [0.2, 0.25) is 0 Å². The number of hydrogen-bond acceptors (Lipinski definition) is 2. The van der Waals surface area contributed by atoms with Gasteiger partial charge in [-0.1, -0.05) is 26.2 Å². The third kappa shape index (κ3) is 2.48. The quantitative estimate of drug-likeness (QED) is 0.799. The first kappa shape index (κ1) is 12.1. The van der Waals surface area contributed by atoms with Gasteiger partial charge in [-0.3, -0.25) is 4.79 Å². The van der Waals surface area contributed by atoms with Crippen molar-refractivity contribution in [1.29, 1.82) is 0 Å². The summed E-state index contributed by atoms with van der Waals surface area (Å²) < 4.78 is 0. The van der Waals surface area contributed by atoms with Gasteiger partial charge in [0.1, 0.15) is 5.78 Å². The molecular formula is C14H25NO. The van der Waals surface area contributed by atoms with Crippen LogP contribution in [0.1, 0.15) is 51.9 Å². The Kier molecular flexibility index (Phi) is 4.01. The van der Waals surface area contributed by atoms with Gasteiger partial charge in [0.15, 0.2) is 0 Å². The third-order valence-corrected chi connectivity index (χ3v) is 4.75. The van der Waals surface area contributed by atoms with Gasteiger partial charge in [-0.25, -0.2) is 0 Å². The lowest BCUT2D eigenvalue weighted by atomic mass is 9.76. The number of nitrogens with two attached hydrogens (primary N) is 1. The average molecular weight is 223 g/mol. The van der Waals surface area contributed by atoms with Gasteiger partial charge in [-0.2, -0.15) is 0 Å². The molecule has 2 heteroatoms. The van der Waals surface area contributed by atoms with Crippen LogP contribution in [0.25, 0.3) is 0 Å². The van der Waals surface area contributed by atoms with Crippen molar-refractivity contribution >= 4 is 5.78 Å². The van der Waals surface area contributed by atoms with Gasteiger partial charge in [-0.05, 0) is 44.1 Å². The summed E-state index contributed by atoms with van der Waals surface area (Å²) >= 11 is 0. The molecule has 2 atom stereocenters. The number of Topliss-reactive ketones (excluding diaryl/α,β-unsaturated/α-hetero) is 1. The molecule has 2 aliphatic rings. The summed E-state index contributed by atoms with van der Waals surface area (Å²) in [6, 6.07) is 0. The van der Waals surface area contributed by atoms with E-state index in [-0.39, 0.29) is 0 Å². The maximum absolute atomic E-state index is 12.4. The van der Waals surface area contributed by atoms with Crippen molar-refractivity contribution in [3.05, 3.63) is 0 Å². The van der Waals surface area contributed by atoms with Crippen LogP contribution in [0.15, 0.2) is 0 Å². The molecule has 92 valence electrons. The lowest BCUT2D eigenvalue weighted by molar-refractivity contribution is -0.129. The van der Waals surface area contributed by atoms with Crippen LogP contribution in [0.3, 0.4) is 0 Å². The molecule has 0 aromatic heterocycles. The van der Waals surface area contributed by atoms with E-state index in [4.69, 9.17) is 5.73 Å². The zero-order valence-electron chi connectivity index (χ0n) is 10.5. The van der Waals surface area contributed by atoms with Crippen LogP contribution < -0.4 is 5.73 Å². The third-order valence-electron chi connectivity index (χ3n) is 4.75. The molecule has 0 amide bonds. The fourth-order valence-corrected chi connectivity index (χ4v) is 3.54. The Labute approximate surface area is 99.0 Å². The fourth-order valence-electron chi connectivity index (χ4n) is 3.54. The van der Waals surface area contributed by atoms with Crippen molar-refractivity contribution in [2.24, 2.45) is 29.4 Å². The first-order valence-electron chi connectivity index (χ1n) is 6.96. The Bertz CT molecular complexity index is 243. The highest BCUT2D eigenvalue weighted by molar-refractivity contribution is 5.84. The molecule has 2 saturated carbocycles. The summed E-state index contributed by atoms with van der Waals surface area (Å²) in [7, 11) is 0. The predicted octanol–water partition coefficient (Wildman–Crippen LogP) is 2.76. The van der Waals surface area contributed by atoms with E-state index in [9.17, 15) is 4.79 Å². The summed E-state index contributed by atoms with van der Waals surface area (Å²) in [5.41, 5.74) is 5.76. The van der Waals surface area contributed by atoms with Crippen LogP contribution in [0.5, 0.6) is 0 Å². The second kappa shape index (κ2) is 5.31. The zero-order chi connectivity index (χ0) is 11.5. The predicted molar refractivity (Wildman–Crippen MR) is 66.0 cm³/mol.